The zero-order valence-electron chi connectivity index (χ0n) is 7.15. The fourth-order valence-corrected chi connectivity index (χ4v) is 1.47. The third-order valence-corrected chi connectivity index (χ3v) is 2.42. The quantitative estimate of drug-likeness (QED) is 0.591. The van der Waals surface area contributed by atoms with Gasteiger partial charge in [0.15, 0.2) is 0 Å². The van der Waals surface area contributed by atoms with Gasteiger partial charge < -0.3 is 4.74 Å². The zero-order valence-corrected chi connectivity index (χ0v) is 8.86. The Morgan fingerprint density at radius 1 is 1.25 bits per heavy atom. The van der Waals surface area contributed by atoms with Gasteiger partial charge in [-0.3, -0.25) is 0 Å². The minimum absolute atomic E-state index is 0.236. The molecular weight excluding hydrogens is 188 g/mol. The maximum Gasteiger partial charge on any atom is 0.119 e. The maximum atomic E-state index is 5.48. The smallest absolute Gasteiger partial charge is 0.119 e. The molecule has 0 saturated carbocycles. The van der Waals surface area contributed by atoms with Crippen molar-refractivity contribution in [3.05, 3.63) is 24.3 Å². The lowest BCUT2D eigenvalue weighted by Gasteiger charge is -2.09. The van der Waals surface area contributed by atoms with Gasteiger partial charge in [0.25, 0.3) is 0 Å². The highest BCUT2D eigenvalue weighted by Crippen LogP contribution is 2.23. The van der Waals surface area contributed by atoms with Crippen LogP contribution in [0.5, 0.6) is 5.75 Å². The summed E-state index contributed by atoms with van der Waals surface area (Å²) in [4.78, 5) is 1.13. The molecule has 0 aliphatic heterocycles. The molecule has 0 fully saturated rings. The summed E-state index contributed by atoms with van der Waals surface area (Å²) in [5.41, 5.74) is 0. The molecule has 1 aromatic carbocycles. The van der Waals surface area contributed by atoms with Crippen LogP contribution >= 0.6 is 22.5 Å². The summed E-state index contributed by atoms with van der Waals surface area (Å²) in [6, 6.07) is 7.90. The molecule has 0 aliphatic rings. The molecule has 0 spiro atoms. The van der Waals surface area contributed by atoms with Gasteiger partial charge in [-0.25, -0.2) is 0 Å². The molecule has 12 heavy (non-hydrogen) atoms. The molecule has 66 valence electrons. The molecule has 3 heteroatoms. The van der Waals surface area contributed by atoms with E-state index in [1.165, 1.54) is 10.8 Å². The molecule has 0 aliphatic carbocycles. The normalized spacial score (nSPS) is 10.3. The summed E-state index contributed by atoms with van der Waals surface area (Å²) in [7, 11) is 1.44. The molecule has 0 radical (unpaired) electrons. The van der Waals surface area contributed by atoms with E-state index in [0.29, 0.717) is 0 Å². The van der Waals surface area contributed by atoms with Gasteiger partial charge in [-0.05, 0) is 38.1 Å². The van der Waals surface area contributed by atoms with Crippen molar-refractivity contribution < 1.29 is 4.74 Å². The van der Waals surface area contributed by atoms with E-state index in [4.69, 9.17) is 4.74 Å². The Morgan fingerprint density at radius 2 is 1.83 bits per heavy atom. The average Bonchev–Trinajstić information content (AvgIpc) is 2.05. The van der Waals surface area contributed by atoms with Gasteiger partial charge in [0.1, 0.15) is 5.75 Å². The fourth-order valence-electron chi connectivity index (χ4n) is 0.851. The van der Waals surface area contributed by atoms with Crippen molar-refractivity contribution in [3.63, 3.8) is 0 Å². The van der Waals surface area contributed by atoms with Crippen molar-refractivity contribution in [2.45, 2.75) is 24.8 Å². The summed E-state index contributed by atoms with van der Waals surface area (Å²) >= 11 is 4.09. The van der Waals surface area contributed by atoms with Crippen molar-refractivity contribution in [2.75, 3.05) is 0 Å². The lowest BCUT2D eigenvalue weighted by atomic mass is 10.3. The van der Waals surface area contributed by atoms with Crippen LogP contribution in [0.4, 0.5) is 0 Å². The highest BCUT2D eigenvalue weighted by molar-refractivity contribution is 8.68. The van der Waals surface area contributed by atoms with E-state index in [1.807, 2.05) is 38.1 Å². The standard InChI is InChI=1S/C9H12OS2/c1-7(2)10-8-3-5-9(12-11)6-4-8/h3-7,11H,1-2H3. The van der Waals surface area contributed by atoms with Crippen LogP contribution < -0.4 is 4.74 Å². The van der Waals surface area contributed by atoms with Crippen molar-refractivity contribution >= 4 is 22.5 Å². The lowest BCUT2D eigenvalue weighted by molar-refractivity contribution is 0.242. The highest BCUT2D eigenvalue weighted by atomic mass is 33.1. The monoisotopic (exact) mass is 200 g/mol. The number of ether oxygens (including phenoxy) is 1. The Morgan fingerprint density at radius 3 is 2.25 bits per heavy atom. The molecule has 0 unspecified atom stereocenters. The molecule has 0 amide bonds. The van der Waals surface area contributed by atoms with E-state index >= 15 is 0 Å². The van der Waals surface area contributed by atoms with Gasteiger partial charge in [0.05, 0.1) is 6.10 Å². The number of hydrogen-bond donors (Lipinski definition) is 1. The summed E-state index contributed by atoms with van der Waals surface area (Å²) in [5, 5.41) is 0. The Hall–Kier alpha value is -0.280. The first-order valence-electron chi connectivity index (χ1n) is 3.80. The van der Waals surface area contributed by atoms with Crippen LogP contribution in [0.25, 0.3) is 0 Å². The van der Waals surface area contributed by atoms with Crippen LogP contribution in [0.2, 0.25) is 0 Å². The molecule has 0 aromatic heterocycles. The topological polar surface area (TPSA) is 9.23 Å². The Balaban J connectivity index is 2.65. The van der Waals surface area contributed by atoms with Gasteiger partial charge in [-0.15, -0.1) is 11.7 Å². The summed E-state index contributed by atoms with van der Waals surface area (Å²) < 4.78 is 5.48. The minimum atomic E-state index is 0.236. The van der Waals surface area contributed by atoms with Crippen LogP contribution in [0, 0.1) is 0 Å². The molecular formula is C9H12OS2. The van der Waals surface area contributed by atoms with Crippen LogP contribution in [0.1, 0.15) is 13.8 Å². The Kier molecular flexibility index (Phi) is 3.82. The van der Waals surface area contributed by atoms with E-state index in [0.717, 1.165) is 10.6 Å². The second-order valence-electron chi connectivity index (χ2n) is 2.73. The first kappa shape index (κ1) is 9.81. The van der Waals surface area contributed by atoms with Gasteiger partial charge >= 0.3 is 0 Å². The summed E-state index contributed by atoms with van der Waals surface area (Å²) in [5.74, 6) is 0.913. The van der Waals surface area contributed by atoms with Crippen LogP contribution in [-0.2, 0) is 0 Å². The Labute approximate surface area is 82.3 Å². The van der Waals surface area contributed by atoms with Crippen molar-refractivity contribution in [3.8, 4) is 5.75 Å². The number of benzene rings is 1. The molecule has 0 heterocycles. The van der Waals surface area contributed by atoms with E-state index in [9.17, 15) is 0 Å². The van der Waals surface area contributed by atoms with Crippen LogP contribution in [0.15, 0.2) is 29.2 Å². The predicted molar refractivity (Wildman–Crippen MR) is 57.0 cm³/mol. The number of hydrogen-bond acceptors (Lipinski definition) is 3. The number of thiol groups is 1. The van der Waals surface area contributed by atoms with E-state index in [1.54, 1.807) is 0 Å². The van der Waals surface area contributed by atoms with E-state index in [-0.39, 0.29) is 6.10 Å². The van der Waals surface area contributed by atoms with Crippen molar-refractivity contribution in [1.29, 1.82) is 0 Å². The number of rotatable bonds is 3. The molecule has 0 N–H and O–H groups in total. The van der Waals surface area contributed by atoms with Gasteiger partial charge in [0, 0.05) is 4.90 Å². The molecule has 0 bridgehead atoms. The zero-order chi connectivity index (χ0) is 8.97. The largest absolute Gasteiger partial charge is 0.491 e. The first-order chi connectivity index (χ1) is 5.72. The minimum Gasteiger partial charge on any atom is -0.491 e. The second kappa shape index (κ2) is 4.67. The highest BCUT2D eigenvalue weighted by Gasteiger charge is 1.96. The first-order valence-corrected chi connectivity index (χ1v) is 5.67. The van der Waals surface area contributed by atoms with E-state index < -0.39 is 0 Å². The van der Waals surface area contributed by atoms with Crippen molar-refractivity contribution in [2.24, 2.45) is 0 Å². The van der Waals surface area contributed by atoms with Gasteiger partial charge in [-0.2, -0.15) is 0 Å². The van der Waals surface area contributed by atoms with Crippen LogP contribution in [0.3, 0.4) is 0 Å². The van der Waals surface area contributed by atoms with Gasteiger partial charge in [0.2, 0.25) is 0 Å². The van der Waals surface area contributed by atoms with E-state index in [2.05, 4.69) is 11.7 Å². The third kappa shape index (κ3) is 2.99. The van der Waals surface area contributed by atoms with Gasteiger partial charge in [-0.1, -0.05) is 10.8 Å². The summed E-state index contributed by atoms with van der Waals surface area (Å²) in [6.45, 7) is 4.03. The average molecular weight is 200 g/mol. The Bertz CT molecular complexity index is 231. The molecule has 0 atom stereocenters. The molecule has 1 aromatic rings. The van der Waals surface area contributed by atoms with Crippen LogP contribution in [-0.4, -0.2) is 6.10 Å². The maximum absolute atomic E-state index is 5.48. The van der Waals surface area contributed by atoms with Crippen molar-refractivity contribution in [1.82, 2.24) is 0 Å². The summed E-state index contributed by atoms with van der Waals surface area (Å²) in [6.07, 6.45) is 0.236. The SMILES string of the molecule is CC(C)Oc1ccc(SS)cc1. The molecule has 1 nitrogen and oxygen atoms in total. The molecule has 1 rings (SSSR count). The lowest BCUT2D eigenvalue weighted by Crippen LogP contribution is -2.04. The third-order valence-electron chi connectivity index (χ3n) is 1.30. The predicted octanol–water partition coefficient (Wildman–Crippen LogP) is 3.41. The molecule has 0 saturated heterocycles. The second-order valence-corrected chi connectivity index (χ2v) is 3.93. The fraction of sp³-hybridized carbons (Fsp3) is 0.333.